The van der Waals surface area contributed by atoms with Gasteiger partial charge in [0, 0.05) is 6.04 Å². The topological polar surface area (TPSA) is 96.9 Å². The molecule has 1 fully saturated rings. The summed E-state index contributed by atoms with van der Waals surface area (Å²) in [5.74, 6) is 0.116. The van der Waals surface area contributed by atoms with Crippen LogP contribution in [0.1, 0.15) is 37.1 Å². The van der Waals surface area contributed by atoms with Gasteiger partial charge < -0.3 is 5.32 Å². The Morgan fingerprint density at radius 3 is 2.70 bits per heavy atom. The van der Waals surface area contributed by atoms with E-state index < -0.39 is 10.0 Å². The fourth-order valence-corrected chi connectivity index (χ4v) is 3.22. The highest BCUT2D eigenvalue weighted by atomic mass is 32.2. The Balaban J connectivity index is 1.91. The van der Waals surface area contributed by atoms with Crippen molar-refractivity contribution >= 4 is 16.0 Å². The van der Waals surface area contributed by atoms with E-state index in [9.17, 15) is 8.42 Å². The SMILES string of the molecule is Cc1nnc(NS(=O)(=O)CCC2CCCCN2)nc1C. The second-order valence-electron chi connectivity index (χ2n) is 5.16. The van der Waals surface area contributed by atoms with E-state index in [1.54, 1.807) is 13.8 Å². The van der Waals surface area contributed by atoms with Gasteiger partial charge in [-0.25, -0.2) is 18.1 Å². The van der Waals surface area contributed by atoms with Gasteiger partial charge in [-0.15, -0.1) is 5.10 Å². The van der Waals surface area contributed by atoms with Crippen molar-refractivity contribution in [2.75, 3.05) is 17.0 Å². The van der Waals surface area contributed by atoms with Gasteiger partial charge in [-0.1, -0.05) is 6.42 Å². The van der Waals surface area contributed by atoms with Crippen molar-refractivity contribution in [2.24, 2.45) is 0 Å². The molecule has 8 heteroatoms. The number of piperidine rings is 1. The lowest BCUT2D eigenvalue weighted by molar-refractivity contribution is 0.393. The second kappa shape index (κ2) is 6.45. The van der Waals surface area contributed by atoms with Crippen molar-refractivity contribution < 1.29 is 8.42 Å². The molecule has 0 amide bonds. The van der Waals surface area contributed by atoms with Gasteiger partial charge in [0.2, 0.25) is 10.0 Å². The molecule has 20 heavy (non-hydrogen) atoms. The molecule has 1 aromatic rings. The molecular formula is C12H21N5O2S. The standard InChI is InChI=1S/C12H21N5O2S/c1-9-10(2)15-16-12(14-9)17-20(18,19)8-6-11-5-3-4-7-13-11/h11,13H,3-8H2,1-2H3,(H,14,16,17). The Morgan fingerprint density at radius 1 is 1.25 bits per heavy atom. The van der Waals surface area contributed by atoms with E-state index in [4.69, 9.17) is 0 Å². The van der Waals surface area contributed by atoms with Crippen LogP contribution in [-0.4, -0.2) is 41.9 Å². The molecule has 2 N–H and O–H groups in total. The maximum absolute atomic E-state index is 12.0. The van der Waals surface area contributed by atoms with Crippen LogP contribution in [-0.2, 0) is 10.0 Å². The summed E-state index contributed by atoms with van der Waals surface area (Å²) >= 11 is 0. The smallest absolute Gasteiger partial charge is 0.256 e. The Morgan fingerprint density at radius 2 is 2.05 bits per heavy atom. The van der Waals surface area contributed by atoms with Crippen molar-refractivity contribution in [2.45, 2.75) is 45.6 Å². The predicted octanol–water partition coefficient (Wildman–Crippen LogP) is 0.762. The Hall–Kier alpha value is -1.28. The Bertz CT molecular complexity index is 555. The lowest BCUT2D eigenvalue weighted by atomic mass is 10.0. The van der Waals surface area contributed by atoms with Crippen LogP contribution in [0, 0.1) is 13.8 Å². The number of aromatic nitrogens is 3. The van der Waals surface area contributed by atoms with Gasteiger partial charge in [0.15, 0.2) is 0 Å². The predicted molar refractivity (Wildman–Crippen MR) is 77.0 cm³/mol. The average Bonchev–Trinajstić information content (AvgIpc) is 2.42. The molecule has 0 saturated carbocycles. The van der Waals surface area contributed by atoms with Crippen molar-refractivity contribution in [1.29, 1.82) is 0 Å². The summed E-state index contributed by atoms with van der Waals surface area (Å²) in [6.45, 7) is 4.53. The zero-order valence-corrected chi connectivity index (χ0v) is 12.7. The summed E-state index contributed by atoms with van der Waals surface area (Å²) in [5, 5.41) is 10.9. The molecule has 112 valence electrons. The molecule has 1 aliphatic rings. The quantitative estimate of drug-likeness (QED) is 0.833. The molecule has 1 saturated heterocycles. The van der Waals surface area contributed by atoms with E-state index in [-0.39, 0.29) is 11.7 Å². The van der Waals surface area contributed by atoms with E-state index in [1.807, 2.05) is 0 Å². The van der Waals surface area contributed by atoms with Crippen molar-refractivity contribution in [1.82, 2.24) is 20.5 Å². The molecule has 1 unspecified atom stereocenters. The zero-order valence-electron chi connectivity index (χ0n) is 11.9. The number of hydrogen-bond acceptors (Lipinski definition) is 6. The Kier molecular flexibility index (Phi) is 4.87. The molecule has 0 bridgehead atoms. The lowest BCUT2D eigenvalue weighted by Crippen LogP contribution is -2.36. The monoisotopic (exact) mass is 299 g/mol. The summed E-state index contributed by atoms with van der Waals surface area (Å²) in [7, 11) is -3.42. The van der Waals surface area contributed by atoms with Gasteiger partial charge in [-0.05, 0) is 39.7 Å². The van der Waals surface area contributed by atoms with E-state index in [0.717, 1.165) is 19.4 Å². The molecule has 0 aliphatic carbocycles. The normalized spacial score (nSPS) is 19.8. The molecule has 1 aliphatic heterocycles. The number of nitrogens with one attached hydrogen (secondary N) is 2. The van der Waals surface area contributed by atoms with Crippen LogP contribution in [0.25, 0.3) is 0 Å². The van der Waals surface area contributed by atoms with Crippen LogP contribution in [0.15, 0.2) is 0 Å². The first-order chi connectivity index (χ1) is 9.46. The minimum absolute atomic E-state index is 0.0460. The molecule has 7 nitrogen and oxygen atoms in total. The van der Waals surface area contributed by atoms with Gasteiger partial charge in [0.05, 0.1) is 17.1 Å². The molecule has 1 atom stereocenters. The maximum Gasteiger partial charge on any atom is 0.256 e. The third kappa shape index (κ3) is 4.38. The summed E-state index contributed by atoms with van der Waals surface area (Å²) in [4.78, 5) is 4.07. The third-order valence-electron chi connectivity index (χ3n) is 3.49. The summed E-state index contributed by atoms with van der Waals surface area (Å²) in [6, 6.07) is 0.291. The molecule has 2 heterocycles. The maximum atomic E-state index is 12.0. The largest absolute Gasteiger partial charge is 0.314 e. The number of nitrogens with zero attached hydrogens (tertiary/aromatic N) is 3. The molecule has 0 spiro atoms. The number of sulfonamides is 1. The van der Waals surface area contributed by atoms with E-state index in [2.05, 4.69) is 25.2 Å². The van der Waals surface area contributed by atoms with Gasteiger partial charge in [-0.2, -0.15) is 5.10 Å². The van der Waals surface area contributed by atoms with Gasteiger partial charge >= 0.3 is 0 Å². The van der Waals surface area contributed by atoms with Crippen LogP contribution in [0.2, 0.25) is 0 Å². The first-order valence-corrected chi connectivity index (χ1v) is 8.53. The first kappa shape index (κ1) is 15.1. The number of anilines is 1. The average molecular weight is 299 g/mol. The van der Waals surface area contributed by atoms with Crippen molar-refractivity contribution in [3.05, 3.63) is 11.4 Å². The minimum Gasteiger partial charge on any atom is -0.314 e. The number of aryl methyl sites for hydroxylation is 2. The van der Waals surface area contributed by atoms with Crippen LogP contribution in [0.4, 0.5) is 5.95 Å². The van der Waals surface area contributed by atoms with Crippen LogP contribution < -0.4 is 10.0 Å². The minimum atomic E-state index is -3.42. The van der Waals surface area contributed by atoms with Crippen LogP contribution in [0.5, 0.6) is 0 Å². The summed E-state index contributed by atoms with van der Waals surface area (Å²) in [5.41, 5.74) is 1.37. The molecule has 2 rings (SSSR count). The molecule has 1 aromatic heterocycles. The highest BCUT2D eigenvalue weighted by molar-refractivity contribution is 7.92. The van der Waals surface area contributed by atoms with E-state index in [0.29, 0.717) is 23.9 Å². The van der Waals surface area contributed by atoms with Crippen LogP contribution >= 0.6 is 0 Å². The summed E-state index contributed by atoms with van der Waals surface area (Å²) in [6.07, 6.45) is 3.98. The molecule has 0 radical (unpaired) electrons. The van der Waals surface area contributed by atoms with Gasteiger partial charge in [0.1, 0.15) is 0 Å². The molecule has 0 aromatic carbocycles. The zero-order chi connectivity index (χ0) is 14.6. The fourth-order valence-electron chi connectivity index (χ4n) is 2.16. The molecular weight excluding hydrogens is 278 g/mol. The fraction of sp³-hybridized carbons (Fsp3) is 0.750. The Labute approximate surface area is 119 Å². The van der Waals surface area contributed by atoms with Gasteiger partial charge in [0.25, 0.3) is 5.95 Å². The number of rotatable bonds is 5. The van der Waals surface area contributed by atoms with E-state index >= 15 is 0 Å². The lowest BCUT2D eigenvalue weighted by Gasteiger charge is -2.23. The third-order valence-corrected chi connectivity index (χ3v) is 4.75. The van der Waals surface area contributed by atoms with Gasteiger partial charge in [-0.3, -0.25) is 0 Å². The van der Waals surface area contributed by atoms with Crippen molar-refractivity contribution in [3.8, 4) is 0 Å². The highest BCUT2D eigenvalue weighted by Crippen LogP contribution is 2.12. The first-order valence-electron chi connectivity index (χ1n) is 6.88. The highest BCUT2D eigenvalue weighted by Gasteiger charge is 2.18. The van der Waals surface area contributed by atoms with Crippen molar-refractivity contribution in [3.63, 3.8) is 0 Å². The summed E-state index contributed by atoms with van der Waals surface area (Å²) < 4.78 is 26.4. The number of hydrogen-bond donors (Lipinski definition) is 2. The second-order valence-corrected chi connectivity index (χ2v) is 7.00. The van der Waals surface area contributed by atoms with Crippen LogP contribution in [0.3, 0.4) is 0 Å². The van der Waals surface area contributed by atoms with E-state index in [1.165, 1.54) is 6.42 Å².